The fraction of sp³-hybridized carbons (Fsp3) is 0.556. The van der Waals surface area contributed by atoms with Crippen LogP contribution in [0.1, 0.15) is 45.1 Å². The monoisotopic (exact) mass is 321 g/mol. The number of rotatable bonds is 10. The highest BCUT2D eigenvalue weighted by Crippen LogP contribution is 2.14. The summed E-state index contributed by atoms with van der Waals surface area (Å²) in [6.07, 6.45) is 1.32. The van der Waals surface area contributed by atoms with Crippen LogP contribution < -0.4 is 5.32 Å². The van der Waals surface area contributed by atoms with E-state index < -0.39 is 11.9 Å². The third kappa shape index (κ3) is 7.79. The lowest BCUT2D eigenvalue weighted by Gasteiger charge is -2.16. The van der Waals surface area contributed by atoms with E-state index in [9.17, 15) is 14.7 Å². The highest BCUT2D eigenvalue weighted by atomic mass is 16.5. The van der Waals surface area contributed by atoms with Crippen molar-refractivity contribution in [3.05, 3.63) is 35.9 Å². The van der Waals surface area contributed by atoms with Crippen molar-refractivity contribution in [2.75, 3.05) is 13.2 Å². The molecule has 0 radical (unpaired) electrons. The summed E-state index contributed by atoms with van der Waals surface area (Å²) < 4.78 is 5.59. The molecule has 1 amide bonds. The molecule has 0 fully saturated rings. The molecule has 23 heavy (non-hydrogen) atoms. The predicted octanol–water partition coefficient (Wildman–Crippen LogP) is 2.81. The number of amides is 1. The van der Waals surface area contributed by atoms with Crippen LogP contribution in [0.3, 0.4) is 0 Å². The molecule has 5 nitrogen and oxygen atoms in total. The van der Waals surface area contributed by atoms with Gasteiger partial charge in [-0.2, -0.15) is 0 Å². The Hall–Kier alpha value is -1.88. The second-order valence-corrected chi connectivity index (χ2v) is 6.17. The van der Waals surface area contributed by atoms with Crippen LogP contribution in [0.15, 0.2) is 30.3 Å². The number of carboxylic acids is 1. The van der Waals surface area contributed by atoms with Gasteiger partial charge in [0.15, 0.2) is 0 Å². The van der Waals surface area contributed by atoms with Gasteiger partial charge in [-0.05, 0) is 24.8 Å². The Labute approximate surface area is 138 Å². The van der Waals surface area contributed by atoms with E-state index in [1.54, 1.807) is 24.3 Å². The van der Waals surface area contributed by atoms with Gasteiger partial charge in [-0.15, -0.1) is 0 Å². The van der Waals surface area contributed by atoms with Gasteiger partial charge < -0.3 is 15.2 Å². The van der Waals surface area contributed by atoms with E-state index in [0.29, 0.717) is 18.1 Å². The first-order chi connectivity index (χ1) is 10.9. The summed E-state index contributed by atoms with van der Waals surface area (Å²) in [4.78, 5) is 23.2. The molecule has 0 aliphatic heterocycles. The Kier molecular flexibility index (Phi) is 8.33. The fourth-order valence-corrected chi connectivity index (χ4v) is 2.42. The molecule has 0 saturated carbocycles. The largest absolute Gasteiger partial charge is 0.481 e. The zero-order chi connectivity index (χ0) is 17.2. The molecule has 1 aromatic carbocycles. The standard InChI is InChI=1S/C18H27NO4/c1-13(2)11-14(3)23-10-9-17(20)19-12-16(18(21)22)15-7-5-4-6-8-15/h4-8,13-14,16H,9-12H2,1-3H3,(H,19,20)(H,21,22). The van der Waals surface area contributed by atoms with Crippen LogP contribution in [0, 0.1) is 5.92 Å². The lowest BCUT2D eigenvalue weighted by molar-refractivity contribution is -0.138. The summed E-state index contributed by atoms with van der Waals surface area (Å²) in [7, 11) is 0. The van der Waals surface area contributed by atoms with Gasteiger partial charge in [0, 0.05) is 13.0 Å². The zero-order valence-corrected chi connectivity index (χ0v) is 14.1. The van der Waals surface area contributed by atoms with Crippen molar-refractivity contribution in [3.63, 3.8) is 0 Å². The molecule has 0 aliphatic carbocycles. The van der Waals surface area contributed by atoms with E-state index >= 15 is 0 Å². The molecule has 0 heterocycles. The topological polar surface area (TPSA) is 75.6 Å². The molecule has 5 heteroatoms. The fourth-order valence-electron chi connectivity index (χ4n) is 2.42. The van der Waals surface area contributed by atoms with Gasteiger partial charge in [-0.1, -0.05) is 44.2 Å². The van der Waals surface area contributed by atoms with E-state index in [0.717, 1.165) is 6.42 Å². The molecule has 1 aromatic rings. The Morgan fingerprint density at radius 2 is 1.83 bits per heavy atom. The van der Waals surface area contributed by atoms with Crippen LogP contribution in [0.2, 0.25) is 0 Å². The molecule has 2 unspecified atom stereocenters. The minimum absolute atomic E-state index is 0.0831. The van der Waals surface area contributed by atoms with Gasteiger partial charge in [0.25, 0.3) is 0 Å². The number of carbonyl (C=O) groups excluding carboxylic acids is 1. The first-order valence-electron chi connectivity index (χ1n) is 8.06. The summed E-state index contributed by atoms with van der Waals surface area (Å²) in [5.74, 6) is -1.32. The van der Waals surface area contributed by atoms with Gasteiger partial charge in [0.05, 0.1) is 18.6 Å². The van der Waals surface area contributed by atoms with E-state index in [1.165, 1.54) is 0 Å². The van der Waals surface area contributed by atoms with Crippen molar-refractivity contribution >= 4 is 11.9 Å². The van der Waals surface area contributed by atoms with Crippen LogP contribution in [-0.2, 0) is 14.3 Å². The third-order valence-corrected chi connectivity index (χ3v) is 3.54. The zero-order valence-electron chi connectivity index (χ0n) is 14.1. The Bertz CT molecular complexity index is 487. The average Bonchev–Trinajstić information content (AvgIpc) is 2.47. The molecular formula is C18H27NO4. The lowest BCUT2D eigenvalue weighted by Crippen LogP contribution is -2.32. The number of nitrogens with one attached hydrogen (secondary N) is 1. The summed E-state index contributed by atoms with van der Waals surface area (Å²) in [6.45, 7) is 6.68. The second-order valence-electron chi connectivity index (χ2n) is 6.17. The molecule has 0 saturated heterocycles. The van der Waals surface area contributed by atoms with Crippen LogP contribution in [0.4, 0.5) is 0 Å². The Morgan fingerprint density at radius 3 is 2.39 bits per heavy atom. The maximum atomic E-state index is 11.8. The molecule has 128 valence electrons. The summed E-state index contributed by atoms with van der Waals surface area (Å²) >= 11 is 0. The average molecular weight is 321 g/mol. The maximum Gasteiger partial charge on any atom is 0.312 e. The first kappa shape index (κ1) is 19.2. The molecule has 0 bridgehead atoms. The molecule has 0 aliphatic rings. The van der Waals surface area contributed by atoms with Gasteiger partial charge in [-0.25, -0.2) is 0 Å². The van der Waals surface area contributed by atoms with E-state index in [-0.39, 0.29) is 25.0 Å². The quantitative estimate of drug-likeness (QED) is 0.695. The first-order valence-corrected chi connectivity index (χ1v) is 8.06. The number of hydrogen-bond donors (Lipinski definition) is 2. The number of benzene rings is 1. The van der Waals surface area contributed by atoms with Crippen LogP contribution >= 0.6 is 0 Å². The van der Waals surface area contributed by atoms with Crippen molar-refractivity contribution in [2.45, 2.75) is 45.6 Å². The van der Waals surface area contributed by atoms with Crippen LogP contribution in [-0.4, -0.2) is 36.2 Å². The van der Waals surface area contributed by atoms with E-state index in [4.69, 9.17) is 4.74 Å². The third-order valence-electron chi connectivity index (χ3n) is 3.54. The van der Waals surface area contributed by atoms with Crippen molar-refractivity contribution in [2.24, 2.45) is 5.92 Å². The van der Waals surface area contributed by atoms with Gasteiger partial charge >= 0.3 is 5.97 Å². The molecule has 1 rings (SSSR count). The predicted molar refractivity (Wildman–Crippen MR) is 89.3 cm³/mol. The minimum atomic E-state index is -0.946. The summed E-state index contributed by atoms with van der Waals surface area (Å²) in [5, 5.41) is 12.0. The van der Waals surface area contributed by atoms with Crippen molar-refractivity contribution in [1.82, 2.24) is 5.32 Å². The smallest absolute Gasteiger partial charge is 0.312 e. The normalized spacial score (nSPS) is 13.6. The summed E-state index contributed by atoms with van der Waals surface area (Å²) in [6, 6.07) is 8.91. The van der Waals surface area contributed by atoms with E-state index in [2.05, 4.69) is 19.2 Å². The number of carbonyl (C=O) groups is 2. The number of ether oxygens (including phenoxy) is 1. The van der Waals surface area contributed by atoms with Crippen molar-refractivity contribution < 1.29 is 19.4 Å². The minimum Gasteiger partial charge on any atom is -0.481 e. The van der Waals surface area contributed by atoms with Crippen molar-refractivity contribution in [1.29, 1.82) is 0 Å². The van der Waals surface area contributed by atoms with E-state index in [1.807, 2.05) is 13.0 Å². The maximum absolute atomic E-state index is 11.8. The van der Waals surface area contributed by atoms with Gasteiger partial charge in [0.2, 0.25) is 5.91 Å². The number of carboxylic acid groups (broad SMARTS) is 1. The SMILES string of the molecule is CC(C)CC(C)OCCC(=O)NCC(C(=O)O)c1ccccc1. The molecule has 0 spiro atoms. The van der Waals surface area contributed by atoms with Gasteiger partial charge in [-0.3, -0.25) is 9.59 Å². The molecule has 2 atom stereocenters. The molecular weight excluding hydrogens is 294 g/mol. The Morgan fingerprint density at radius 1 is 1.17 bits per heavy atom. The number of aliphatic carboxylic acids is 1. The van der Waals surface area contributed by atoms with Crippen LogP contribution in [0.5, 0.6) is 0 Å². The highest BCUT2D eigenvalue weighted by Gasteiger charge is 2.20. The lowest BCUT2D eigenvalue weighted by atomic mass is 9.99. The highest BCUT2D eigenvalue weighted by molar-refractivity contribution is 5.79. The number of hydrogen-bond acceptors (Lipinski definition) is 3. The van der Waals surface area contributed by atoms with Gasteiger partial charge in [0.1, 0.15) is 0 Å². The molecule has 2 N–H and O–H groups in total. The second kappa shape index (κ2) is 10.0. The Balaban J connectivity index is 2.35. The summed E-state index contributed by atoms with van der Waals surface area (Å²) in [5.41, 5.74) is 0.683. The molecule has 0 aromatic heterocycles. The van der Waals surface area contributed by atoms with Crippen molar-refractivity contribution in [3.8, 4) is 0 Å². The van der Waals surface area contributed by atoms with Crippen LogP contribution in [0.25, 0.3) is 0 Å².